The number of aliphatic hydroxyl groups excluding tert-OH is 1. The van der Waals surface area contributed by atoms with Crippen LogP contribution in [0, 0.1) is 17.8 Å². The predicted molar refractivity (Wildman–Crippen MR) is 70.5 cm³/mol. The minimum absolute atomic E-state index is 0.0000463. The quantitative estimate of drug-likeness (QED) is 0.759. The first-order valence-corrected chi connectivity index (χ1v) is 6.14. The molecule has 2 heteroatoms. The fraction of sp³-hybridized carbons (Fsp3) is 0.533. The number of Topliss-reactive ketones (excluding diaryl/α,β-unsaturated/α-hetero) is 1. The van der Waals surface area contributed by atoms with Crippen LogP contribution in [0.3, 0.4) is 0 Å². The van der Waals surface area contributed by atoms with Gasteiger partial charge in [-0.25, -0.2) is 0 Å². The van der Waals surface area contributed by atoms with Crippen LogP contribution in [0.4, 0.5) is 0 Å². The predicted octanol–water partition coefficient (Wildman–Crippen LogP) is 2.90. The zero-order valence-electron chi connectivity index (χ0n) is 10.7. The molecule has 2 nitrogen and oxygen atoms in total. The molecule has 4 atom stereocenters. The number of rotatable bonds is 4. The summed E-state index contributed by atoms with van der Waals surface area (Å²) >= 11 is 0. The Morgan fingerprint density at radius 2 is 2.24 bits per heavy atom. The Kier molecular flexibility index (Phi) is 4.88. The molecule has 0 heterocycles. The lowest BCUT2D eigenvalue weighted by Crippen LogP contribution is -2.40. The molecule has 0 aromatic carbocycles. The molecule has 1 saturated carbocycles. The largest absolute Gasteiger partial charge is 0.388 e. The highest BCUT2D eigenvalue weighted by Crippen LogP contribution is 2.39. The second-order valence-corrected chi connectivity index (χ2v) is 4.81. The first-order valence-electron chi connectivity index (χ1n) is 6.14. The van der Waals surface area contributed by atoms with Gasteiger partial charge in [0.15, 0.2) is 0 Å². The number of ketones is 1. The summed E-state index contributed by atoms with van der Waals surface area (Å²) in [5.41, 5.74) is 1.07. The molecule has 0 amide bonds. The number of carbonyl (C=O) groups is 1. The summed E-state index contributed by atoms with van der Waals surface area (Å²) in [5, 5.41) is 10.1. The summed E-state index contributed by atoms with van der Waals surface area (Å²) in [6.45, 7) is 11.6. The molecule has 1 aliphatic carbocycles. The van der Waals surface area contributed by atoms with Crippen LogP contribution in [-0.4, -0.2) is 17.0 Å². The van der Waals surface area contributed by atoms with Gasteiger partial charge in [0.1, 0.15) is 5.78 Å². The van der Waals surface area contributed by atoms with Crippen molar-refractivity contribution in [3.8, 4) is 0 Å². The van der Waals surface area contributed by atoms with E-state index < -0.39 is 6.10 Å². The molecule has 1 fully saturated rings. The van der Waals surface area contributed by atoms with E-state index in [0.29, 0.717) is 6.42 Å². The van der Waals surface area contributed by atoms with Crippen molar-refractivity contribution >= 4 is 5.78 Å². The first kappa shape index (κ1) is 13.9. The third-order valence-electron chi connectivity index (χ3n) is 3.62. The van der Waals surface area contributed by atoms with Crippen molar-refractivity contribution < 1.29 is 9.90 Å². The maximum atomic E-state index is 12.0. The fourth-order valence-electron chi connectivity index (χ4n) is 2.74. The molecule has 0 aliphatic heterocycles. The molecule has 17 heavy (non-hydrogen) atoms. The number of aliphatic hydroxyl groups is 1. The normalized spacial score (nSPS) is 31.5. The van der Waals surface area contributed by atoms with Gasteiger partial charge in [0.25, 0.3) is 0 Å². The smallest absolute Gasteiger partial charge is 0.139 e. The van der Waals surface area contributed by atoms with Crippen molar-refractivity contribution in [3.05, 3.63) is 37.0 Å². The van der Waals surface area contributed by atoms with Gasteiger partial charge in [-0.1, -0.05) is 30.4 Å². The van der Waals surface area contributed by atoms with Gasteiger partial charge < -0.3 is 5.11 Å². The van der Waals surface area contributed by atoms with Gasteiger partial charge >= 0.3 is 0 Å². The molecule has 1 rings (SSSR count). The summed E-state index contributed by atoms with van der Waals surface area (Å²) in [6.07, 6.45) is 5.90. The van der Waals surface area contributed by atoms with E-state index in [9.17, 15) is 9.90 Å². The Labute approximate surface area is 104 Å². The van der Waals surface area contributed by atoms with Crippen molar-refractivity contribution in [3.63, 3.8) is 0 Å². The SMILES string of the molecule is C=C[C@@H]1[C@@H](C(=C)C)CCC(=O)[C@H]1C(O)/C=C/C. The average Bonchev–Trinajstić information content (AvgIpc) is 2.28. The second kappa shape index (κ2) is 5.97. The van der Waals surface area contributed by atoms with Gasteiger partial charge in [-0.05, 0) is 32.1 Å². The topological polar surface area (TPSA) is 37.3 Å². The summed E-state index contributed by atoms with van der Waals surface area (Å²) in [7, 11) is 0. The lowest BCUT2D eigenvalue weighted by Gasteiger charge is -2.37. The van der Waals surface area contributed by atoms with Gasteiger partial charge in [0, 0.05) is 6.42 Å². The Morgan fingerprint density at radius 3 is 2.71 bits per heavy atom. The van der Waals surface area contributed by atoms with Crippen molar-refractivity contribution in [1.29, 1.82) is 0 Å². The zero-order chi connectivity index (χ0) is 13.0. The summed E-state index contributed by atoms with van der Waals surface area (Å²) in [4.78, 5) is 12.0. The van der Waals surface area contributed by atoms with Crippen molar-refractivity contribution in [2.24, 2.45) is 17.8 Å². The highest BCUT2D eigenvalue weighted by atomic mass is 16.3. The Hall–Kier alpha value is -1.15. The second-order valence-electron chi connectivity index (χ2n) is 4.81. The third kappa shape index (κ3) is 2.95. The molecular weight excluding hydrogens is 212 g/mol. The van der Waals surface area contributed by atoms with E-state index in [2.05, 4.69) is 13.2 Å². The van der Waals surface area contributed by atoms with E-state index in [0.717, 1.165) is 12.0 Å². The van der Waals surface area contributed by atoms with Crippen molar-refractivity contribution in [1.82, 2.24) is 0 Å². The fourth-order valence-corrected chi connectivity index (χ4v) is 2.74. The molecule has 1 aliphatic rings. The molecule has 1 N–H and O–H groups in total. The lowest BCUT2D eigenvalue weighted by atomic mass is 9.67. The van der Waals surface area contributed by atoms with Crippen LogP contribution in [0.15, 0.2) is 37.0 Å². The van der Waals surface area contributed by atoms with Gasteiger partial charge in [0.05, 0.1) is 12.0 Å². The van der Waals surface area contributed by atoms with E-state index in [-0.39, 0.29) is 23.5 Å². The lowest BCUT2D eigenvalue weighted by molar-refractivity contribution is -0.130. The Morgan fingerprint density at radius 1 is 1.59 bits per heavy atom. The number of carbonyl (C=O) groups excluding carboxylic acids is 1. The van der Waals surface area contributed by atoms with E-state index in [1.807, 2.05) is 13.8 Å². The monoisotopic (exact) mass is 234 g/mol. The third-order valence-corrected chi connectivity index (χ3v) is 3.62. The van der Waals surface area contributed by atoms with Crippen molar-refractivity contribution in [2.45, 2.75) is 32.8 Å². The van der Waals surface area contributed by atoms with E-state index in [1.165, 1.54) is 0 Å². The maximum absolute atomic E-state index is 12.0. The maximum Gasteiger partial charge on any atom is 0.139 e. The van der Waals surface area contributed by atoms with Crippen LogP contribution in [0.2, 0.25) is 0 Å². The molecule has 0 bridgehead atoms. The van der Waals surface area contributed by atoms with Crippen molar-refractivity contribution in [2.75, 3.05) is 0 Å². The van der Waals surface area contributed by atoms with Gasteiger partial charge in [-0.2, -0.15) is 0 Å². The Bertz CT molecular complexity index is 341. The zero-order valence-corrected chi connectivity index (χ0v) is 10.7. The number of hydrogen-bond acceptors (Lipinski definition) is 2. The Balaban J connectivity index is 3.00. The van der Waals surface area contributed by atoms with Gasteiger partial charge in [-0.15, -0.1) is 6.58 Å². The minimum Gasteiger partial charge on any atom is -0.388 e. The molecule has 94 valence electrons. The standard InChI is InChI=1S/C15H22O2/c1-5-7-13(16)15-11(6-2)12(10(3)4)8-9-14(15)17/h5-7,11-13,15-16H,2-3,8-9H2,1,4H3/b7-5+/t11-,12-,13?,15-/m1/s1. The molecule has 0 aromatic heterocycles. The van der Waals surface area contributed by atoms with E-state index >= 15 is 0 Å². The molecule has 0 saturated heterocycles. The molecule has 0 radical (unpaired) electrons. The number of hydrogen-bond donors (Lipinski definition) is 1. The van der Waals surface area contributed by atoms with Crippen LogP contribution in [0.5, 0.6) is 0 Å². The molecule has 0 spiro atoms. The van der Waals surface area contributed by atoms with Crippen LogP contribution in [-0.2, 0) is 4.79 Å². The summed E-state index contributed by atoms with van der Waals surface area (Å²) in [5.74, 6) is 0.0345. The van der Waals surface area contributed by atoms with Gasteiger partial charge in [-0.3, -0.25) is 4.79 Å². The summed E-state index contributed by atoms with van der Waals surface area (Å²) < 4.78 is 0. The highest BCUT2D eigenvalue weighted by Gasteiger charge is 2.40. The van der Waals surface area contributed by atoms with Crippen LogP contribution in [0.25, 0.3) is 0 Å². The van der Waals surface area contributed by atoms with Crippen LogP contribution < -0.4 is 0 Å². The summed E-state index contributed by atoms with van der Waals surface area (Å²) in [6, 6.07) is 0. The molecule has 1 unspecified atom stereocenters. The van der Waals surface area contributed by atoms with E-state index in [4.69, 9.17) is 0 Å². The first-order chi connectivity index (χ1) is 8.02. The molecule has 0 aromatic rings. The minimum atomic E-state index is -0.711. The van der Waals surface area contributed by atoms with Crippen LogP contribution in [0.1, 0.15) is 26.7 Å². The average molecular weight is 234 g/mol. The van der Waals surface area contributed by atoms with Gasteiger partial charge in [0.2, 0.25) is 0 Å². The number of allylic oxidation sites excluding steroid dienone is 3. The van der Waals surface area contributed by atoms with E-state index in [1.54, 1.807) is 18.2 Å². The molecular formula is C15H22O2. The van der Waals surface area contributed by atoms with Crippen LogP contribution >= 0.6 is 0 Å². The highest BCUT2D eigenvalue weighted by molar-refractivity contribution is 5.83.